The van der Waals surface area contributed by atoms with Gasteiger partial charge in [-0.2, -0.15) is 0 Å². The summed E-state index contributed by atoms with van der Waals surface area (Å²) in [6, 6.07) is 15.3. The van der Waals surface area contributed by atoms with E-state index in [1.54, 1.807) is 36.4 Å². The highest BCUT2D eigenvalue weighted by molar-refractivity contribution is 8.00. The third kappa shape index (κ3) is 4.35. The molecule has 6 rings (SSSR count). The Balaban J connectivity index is 1.36. The summed E-state index contributed by atoms with van der Waals surface area (Å²) in [5.74, 6) is -2.18. The third-order valence-electron chi connectivity index (χ3n) is 6.66. The van der Waals surface area contributed by atoms with E-state index in [0.717, 1.165) is 28.0 Å². The van der Waals surface area contributed by atoms with Crippen LogP contribution in [0.4, 0.5) is 15.8 Å². The lowest BCUT2D eigenvalue weighted by Crippen LogP contribution is -2.32. The molecule has 0 unspecified atom stereocenters. The molecule has 0 bridgehead atoms. The van der Waals surface area contributed by atoms with Gasteiger partial charge in [-0.15, -0.1) is 0 Å². The second-order valence-electron chi connectivity index (χ2n) is 8.95. The average Bonchev–Trinajstić information content (AvgIpc) is 3.63. The van der Waals surface area contributed by atoms with Crippen LogP contribution in [0, 0.1) is 11.7 Å². The number of hydrogen-bond acceptors (Lipinski definition) is 8. The zero-order chi connectivity index (χ0) is 27.3. The second kappa shape index (κ2) is 9.86. The van der Waals surface area contributed by atoms with Crippen molar-refractivity contribution >= 4 is 52.2 Å². The van der Waals surface area contributed by atoms with Crippen molar-refractivity contribution in [2.24, 2.45) is 5.92 Å². The Bertz CT molecular complexity index is 1630. The Labute approximate surface area is 229 Å². The quantitative estimate of drug-likeness (QED) is 0.351. The molecule has 2 aromatic heterocycles. The van der Waals surface area contributed by atoms with E-state index in [1.165, 1.54) is 42.2 Å². The minimum atomic E-state index is -0.831. The van der Waals surface area contributed by atoms with Gasteiger partial charge >= 0.3 is 4.87 Å². The van der Waals surface area contributed by atoms with Crippen molar-refractivity contribution in [1.29, 1.82) is 0 Å². The van der Waals surface area contributed by atoms with Crippen LogP contribution < -0.4 is 19.8 Å². The van der Waals surface area contributed by atoms with Crippen molar-refractivity contribution in [3.05, 3.63) is 93.0 Å². The Morgan fingerprint density at radius 2 is 1.79 bits per heavy atom. The molecular formula is C27H20FN3O6S2. The topological polar surface area (TPSA) is 111 Å². The number of ether oxygens (including phenoxy) is 1. The number of benzene rings is 2. The molecule has 2 aromatic carbocycles. The summed E-state index contributed by atoms with van der Waals surface area (Å²) in [4.78, 5) is 54.7. The largest absolute Gasteiger partial charge is 0.497 e. The number of carbonyl (C=O) groups is 3. The number of nitrogens with zero attached hydrogens (tertiary/aromatic N) is 2. The van der Waals surface area contributed by atoms with E-state index >= 15 is 0 Å². The summed E-state index contributed by atoms with van der Waals surface area (Å²) in [5.41, 5.74) is 0.796. The molecule has 39 heavy (non-hydrogen) atoms. The van der Waals surface area contributed by atoms with Crippen molar-refractivity contribution in [3.8, 4) is 5.75 Å². The molecule has 12 heteroatoms. The van der Waals surface area contributed by atoms with Gasteiger partial charge in [-0.3, -0.25) is 23.7 Å². The number of aromatic nitrogens is 1. The van der Waals surface area contributed by atoms with Gasteiger partial charge in [0.05, 0.1) is 40.8 Å². The number of carbonyl (C=O) groups excluding carboxylic acids is 3. The minimum Gasteiger partial charge on any atom is -0.497 e. The van der Waals surface area contributed by atoms with Gasteiger partial charge in [-0.05, 0) is 60.7 Å². The van der Waals surface area contributed by atoms with Gasteiger partial charge < -0.3 is 14.5 Å². The summed E-state index contributed by atoms with van der Waals surface area (Å²) in [6.45, 7) is -0.318. The van der Waals surface area contributed by atoms with Crippen LogP contribution in [-0.4, -0.2) is 34.6 Å². The number of furan rings is 1. The summed E-state index contributed by atoms with van der Waals surface area (Å²) >= 11 is 2.04. The Hall–Kier alpha value is -4.16. The number of methoxy groups -OCH3 is 1. The summed E-state index contributed by atoms with van der Waals surface area (Å²) < 4.78 is 25.4. The predicted molar refractivity (Wildman–Crippen MR) is 143 cm³/mol. The second-order valence-corrected chi connectivity index (χ2v) is 11.1. The maximum atomic E-state index is 13.8. The number of fused-ring (bicyclic) bond motifs is 2. The van der Waals surface area contributed by atoms with Crippen molar-refractivity contribution in [1.82, 2.24) is 4.57 Å². The van der Waals surface area contributed by atoms with E-state index in [-0.39, 0.29) is 6.54 Å². The van der Waals surface area contributed by atoms with Gasteiger partial charge in [-0.25, -0.2) is 9.29 Å². The maximum Gasteiger partial charge on any atom is 0.308 e. The smallest absolute Gasteiger partial charge is 0.308 e. The standard InChI is InChI=1S/C27H20FN3O6S2/c1-36-17-10-8-16(9-11-17)31-24(33)21-20(18-3-2-12-37-18)23-26(38-22(21)25(31)34)30(27(35)39-23)13-19(32)29-15-6-4-14(28)5-7-15/h2-12,20-22H,13H2,1H3,(H,29,32)/t20-,21-,22+/m0/s1. The minimum absolute atomic E-state index is 0.318. The van der Waals surface area contributed by atoms with Crippen LogP contribution in [0.25, 0.3) is 0 Å². The molecule has 3 amide bonds. The number of rotatable bonds is 6. The van der Waals surface area contributed by atoms with E-state index in [4.69, 9.17) is 9.15 Å². The lowest BCUT2D eigenvalue weighted by molar-refractivity contribution is -0.122. The van der Waals surface area contributed by atoms with E-state index in [1.807, 2.05) is 0 Å². The van der Waals surface area contributed by atoms with Gasteiger partial charge in [-0.1, -0.05) is 23.1 Å². The van der Waals surface area contributed by atoms with Gasteiger partial charge in [0.1, 0.15) is 29.1 Å². The third-order valence-corrected chi connectivity index (χ3v) is 9.26. The van der Waals surface area contributed by atoms with Crippen molar-refractivity contribution in [2.75, 3.05) is 17.3 Å². The first-order valence-electron chi connectivity index (χ1n) is 11.9. The average molecular weight is 566 g/mol. The normalized spacial score (nSPS) is 20.1. The van der Waals surface area contributed by atoms with Crippen LogP contribution in [-0.2, 0) is 20.9 Å². The molecule has 1 saturated heterocycles. The van der Waals surface area contributed by atoms with Gasteiger partial charge in [0, 0.05) is 5.69 Å². The molecule has 0 saturated carbocycles. The van der Waals surface area contributed by atoms with Gasteiger partial charge in [0.2, 0.25) is 17.7 Å². The molecule has 0 aliphatic carbocycles. The molecule has 2 aliphatic rings. The first kappa shape index (κ1) is 25.1. The van der Waals surface area contributed by atoms with Crippen LogP contribution in [0.5, 0.6) is 5.75 Å². The Kier molecular flexibility index (Phi) is 6.35. The molecule has 1 fully saturated rings. The fourth-order valence-electron chi connectivity index (χ4n) is 4.89. The van der Waals surface area contributed by atoms with E-state index < -0.39 is 45.5 Å². The predicted octanol–water partition coefficient (Wildman–Crippen LogP) is 4.09. The van der Waals surface area contributed by atoms with E-state index in [9.17, 15) is 23.6 Å². The molecule has 2 aliphatic heterocycles. The molecular weight excluding hydrogens is 545 g/mol. The highest BCUT2D eigenvalue weighted by atomic mass is 32.2. The molecule has 4 aromatic rings. The molecule has 9 nitrogen and oxygen atoms in total. The summed E-state index contributed by atoms with van der Waals surface area (Å²) in [5, 5.41) is 2.27. The number of amides is 3. The summed E-state index contributed by atoms with van der Waals surface area (Å²) in [6.07, 6.45) is 1.48. The number of nitrogens with one attached hydrogen (secondary N) is 1. The van der Waals surface area contributed by atoms with E-state index in [0.29, 0.717) is 32.8 Å². The van der Waals surface area contributed by atoms with Gasteiger partial charge in [0.25, 0.3) is 0 Å². The number of thiazole rings is 1. The lowest BCUT2D eigenvalue weighted by atomic mass is 9.87. The van der Waals surface area contributed by atoms with Crippen LogP contribution in [0.1, 0.15) is 16.6 Å². The zero-order valence-corrected chi connectivity index (χ0v) is 22.0. The van der Waals surface area contributed by atoms with E-state index in [2.05, 4.69) is 5.32 Å². The number of anilines is 2. The fraction of sp³-hybridized carbons (Fsp3) is 0.185. The van der Waals surface area contributed by atoms with Crippen LogP contribution in [0.15, 0.2) is 81.2 Å². The fourth-order valence-corrected chi connectivity index (χ4v) is 7.65. The summed E-state index contributed by atoms with van der Waals surface area (Å²) in [7, 11) is 1.53. The number of thioether (sulfide) groups is 1. The van der Waals surface area contributed by atoms with Crippen LogP contribution in [0.3, 0.4) is 0 Å². The highest BCUT2D eigenvalue weighted by Crippen LogP contribution is 2.54. The Morgan fingerprint density at radius 3 is 2.46 bits per heavy atom. The SMILES string of the molecule is COc1ccc(N2C(=O)[C@H]3[C@H](c4ccco4)c4sc(=O)n(CC(=O)Nc5ccc(F)cc5)c4S[C@H]3C2=O)cc1. The highest BCUT2D eigenvalue weighted by Gasteiger charge is 2.57. The first-order chi connectivity index (χ1) is 18.9. The van der Waals surface area contributed by atoms with Crippen LogP contribution in [0.2, 0.25) is 0 Å². The number of hydrogen-bond donors (Lipinski definition) is 1. The zero-order valence-electron chi connectivity index (χ0n) is 20.3. The molecule has 1 N–H and O–H groups in total. The maximum absolute atomic E-state index is 13.8. The number of halogens is 1. The lowest BCUT2D eigenvalue weighted by Gasteiger charge is -2.29. The van der Waals surface area contributed by atoms with Crippen LogP contribution >= 0.6 is 23.1 Å². The first-order valence-corrected chi connectivity index (χ1v) is 13.6. The van der Waals surface area contributed by atoms with Gasteiger partial charge in [0.15, 0.2) is 0 Å². The molecule has 4 heterocycles. The molecule has 0 radical (unpaired) electrons. The van der Waals surface area contributed by atoms with Crippen molar-refractivity contribution in [3.63, 3.8) is 0 Å². The molecule has 3 atom stereocenters. The Morgan fingerprint density at radius 1 is 1.05 bits per heavy atom. The van der Waals surface area contributed by atoms with Crippen molar-refractivity contribution < 1.29 is 27.9 Å². The number of imide groups is 1. The monoisotopic (exact) mass is 565 g/mol. The van der Waals surface area contributed by atoms with Crippen molar-refractivity contribution in [2.45, 2.75) is 22.7 Å². The molecule has 0 spiro atoms. The molecule has 198 valence electrons.